The van der Waals surface area contributed by atoms with Gasteiger partial charge in [-0.2, -0.15) is 0 Å². The van der Waals surface area contributed by atoms with Gasteiger partial charge in [0, 0.05) is 56.4 Å². The Hall–Kier alpha value is -3.80. The van der Waals surface area contributed by atoms with Crippen LogP contribution in [0.2, 0.25) is 0 Å². The number of nitrogens with zero attached hydrogens (tertiary/aromatic N) is 4. The first-order chi connectivity index (χ1) is 14.7. The Morgan fingerprint density at radius 2 is 1.77 bits per heavy atom. The zero-order valence-electron chi connectivity index (χ0n) is 16.6. The molecule has 0 unspecified atom stereocenters. The normalized spacial score (nSPS) is 13.8. The topological polar surface area (TPSA) is 71.0 Å². The summed E-state index contributed by atoms with van der Waals surface area (Å²) in [6, 6.07) is 20.1. The molecule has 150 valence electrons. The molecule has 0 aliphatic carbocycles. The van der Waals surface area contributed by atoms with Gasteiger partial charge < -0.3 is 10.2 Å². The van der Waals surface area contributed by atoms with Crippen molar-refractivity contribution in [3.8, 4) is 11.3 Å². The Morgan fingerprint density at radius 3 is 2.57 bits per heavy atom. The number of carbonyl (C=O) groups is 1. The maximum atomic E-state index is 11.2. The summed E-state index contributed by atoms with van der Waals surface area (Å²) in [7, 11) is 0. The van der Waals surface area contributed by atoms with E-state index in [9.17, 15) is 4.79 Å². The minimum Gasteiger partial charge on any atom is -0.355 e. The van der Waals surface area contributed by atoms with Gasteiger partial charge in [-0.3, -0.25) is 14.8 Å². The number of hydrogen-bond donors (Lipinski definition) is 1. The van der Waals surface area contributed by atoms with E-state index in [1.807, 2.05) is 42.5 Å². The number of nitrogens with one attached hydrogen (secondary N) is 1. The first kappa shape index (κ1) is 18.2. The number of fused-ring (bicyclic) bond motifs is 1. The van der Waals surface area contributed by atoms with Crippen LogP contribution in [0.5, 0.6) is 0 Å². The standard InChI is InChI=1S/C24H21N5O.H2/c1-16(30)27-20-9-6-18(7-10-20)23-24(26-13-12-25-23)19-14-29(15-19)22-11-8-17-4-2-3-5-21(17)28-22;/h2-13,19H,14-15H2,1H3,(H,27,30);1H. The van der Waals surface area contributed by atoms with E-state index in [0.29, 0.717) is 5.92 Å². The highest BCUT2D eigenvalue weighted by Gasteiger charge is 2.32. The molecule has 1 fully saturated rings. The van der Waals surface area contributed by atoms with Crippen molar-refractivity contribution in [2.45, 2.75) is 12.8 Å². The predicted octanol–water partition coefficient (Wildman–Crippen LogP) is 4.50. The van der Waals surface area contributed by atoms with Crippen LogP contribution in [0.25, 0.3) is 22.2 Å². The molecule has 1 aliphatic rings. The maximum absolute atomic E-state index is 11.2. The fourth-order valence-corrected chi connectivity index (χ4v) is 3.85. The van der Waals surface area contributed by atoms with Gasteiger partial charge in [-0.05, 0) is 30.3 Å². The fourth-order valence-electron chi connectivity index (χ4n) is 3.85. The van der Waals surface area contributed by atoms with Gasteiger partial charge in [-0.1, -0.05) is 30.3 Å². The molecule has 30 heavy (non-hydrogen) atoms. The molecule has 1 N–H and O–H groups in total. The summed E-state index contributed by atoms with van der Waals surface area (Å²) in [6.45, 7) is 3.23. The monoisotopic (exact) mass is 397 g/mol. The first-order valence-electron chi connectivity index (χ1n) is 9.97. The predicted molar refractivity (Wildman–Crippen MR) is 121 cm³/mol. The summed E-state index contributed by atoms with van der Waals surface area (Å²) in [6.07, 6.45) is 3.48. The molecule has 6 nitrogen and oxygen atoms in total. The zero-order chi connectivity index (χ0) is 20.5. The maximum Gasteiger partial charge on any atom is 0.221 e. The Morgan fingerprint density at radius 1 is 1.00 bits per heavy atom. The molecule has 2 aromatic heterocycles. The van der Waals surface area contributed by atoms with Crippen molar-refractivity contribution in [1.29, 1.82) is 0 Å². The lowest BCUT2D eigenvalue weighted by molar-refractivity contribution is -0.114. The van der Waals surface area contributed by atoms with E-state index >= 15 is 0 Å². The average Bonchev–Trinajstić information content (AvgIpc) is 2.73. The molecule has 1 saturated heterocycles. The number of para-hydroxylation sites is 1. The Bertz CT molecular complexity index is 1220. The Labute approximate surface area is 176 Å². The van der Waals surface area contributed by atoms with Gasteiger partial charge >= 0.3 is 0 Å². The van der Waals surface area contributed by atoms with Crippen LogP contribution in [0.3, 0.4) is 0 Å². The number of hydrogen-bond acceptors (Lipinski definition) is 5. The summed E-state index contributed by atoms with van der Waals surface area (Å²) >= 11 is 0. The third-order valence-corrected chi connectivity index (χ3v) is 5.38. The van der Waals surface area contributed by atoms with Crippen molar-refractivity contribution in [2.75, 3.05) is 23.3 Å². The number of pyridine rings is 1. The summed E-state index contributed by atoms with van der Waals surface area (Å²) in [5.41, 5.74) is 4.67. The first-order valence-corrected chi connectivity index (χ1v) is 9.97. The molecule has 3 heterocycles. The third-order valence-electron chi connectivity index (χ3n) is 5.38. The molecule has 1 amide bonds. The summed E-state index contributed by atoms with van der Waals surface area (Å²) in [5.74, 6) is 1.21. The molecule has 2 aromatic carbocycles. The van der Waals surface area contributed by atoms with Crippen LogP contribution in [0.15, 0.2) is 73.1 Å². The van der Waals surface area contributed by atoms with Crippen molar-refractivity contribution in [2.24, 2.45) is 0 Å². The van der Waals surface area contributed by atoms with Crippen molar-refractivity contribution >= 4 is 28.3 Å². The summed E-state index contributed by atoms with van der Waals surface area (Å²) in [5, 5.41) is 3.94. The van der Waals surface area contributed by atoms with Gasteiger partial charge in [0.25, 0.3) is 0 Å². The van der Waals surface area contributed by atoms with Crippen molar-refractivity contribution in [3.63, 3.8) is 0 Å². The van der Waals surface area contributed by atoms with Crippen LogP contribution < -0.4 is 10.2 Å². The fraction of sp³-hybridized carbons (Fsp3) is 0.167. The SMILES string of the molecule is CC(=O)Nc1ccc(-c2nccnc2C2CN(c3ccc4ccccc4n3)C2)cc1.[HH]. The third kappa shape index (κ3) is 3.48. The van der Waals surface area contributed by atoms with Crippen LogP contribution >= 0.6 is 0 Å². The van der Waals surface area contributed by atoms with Gasteiger partial charge in [0.15, 0.2) is 0 Å². The van der Waals surface area contributed by atoms with E-state index < -0.39 is 0 Å². The molecule has 5 rings (SSSR count). The van der Waals surface area contributed by atoms with Gasteiger partial charge in [-0.25, -0.2) is 4.98 Å². The highest BCUT2D eigenvalue weighted by Crippen LogP contribution is 2.34. The lowest BCUT2D eigenvalue weighted by Crippen LogP contribution is -2.46. The minimum atomic E-state index is -0.0835. The zero-order valence-corrected chi connectivity index (χ0v) is 16.6. The molecular weight excluding hydrogens is 374 g/mol. The smallest absolute Gasteiger partial charge is 0.221 e. The van der Waals surface area contributed by atoms with Crippen molar-refractivity contribution in [1.82, 2.24) is 15.0 Å². The second kappa shape index (κ2) is 7.55. The number of rotatable bonds is 4. The lowest BCUT2D eigenvalue weighted by atomic mass is 9.92. The quantitative estimate of drug-likeness (QED) is 0.549. The minimum absolute atomic E-state index is 0. The van der Waals surface area contributed by atoms with E-state index in [2.05, 4.69) is 38.4 Å². The average molecular weight is 397 g/mol. The number of benzene rings is 2. The van der Waals surface area contributed by atoms with E-state index in [1.165, 1.54) is 6.92 Å². The van der Waals surface area contributed by atoms with E-state index in [0.717, 1.165) is 52.4 Å². The molecule has 6 heteroatoms. The van der Waals surface area contributed by atoms with E-state index in [-0.39, 0.29) is 7.33 Å². The van der Waals surface area contributed by atoms with Crippen molar-refractivity contribution in [3.05, 3.63) is 78.8 Å². The van der Waals surface area contributed by atoms with Crippen LogP contribution in [-0.4, -0.2) is 33.9 Å². The van der Waals surface area contributed by atoms with E-state index in [1.54, 1.807) is 12.4 Å². The van der Waals surface area contributed by atoms with Gasteiger partial charge in [0.2, 0.25) is 5.91 Å². The second-order valence-electron chi connectivity index (χ2n) is 7.51. The largest absolute Gasteiger partial charge is 0.355 e. The highest BCUT2D eigenvalue weighted by atomic mass is 16.1. The number of aromatic nitrogens is 3. The van der Waals surface area contributed by atoms with Crippen LogP contribution in [0, 0.1) is 0 Å². The number of amides is 1. The van der Waals surface area contributed by atoms with Gasteiger partial charge in [-0.15, -0.1) is 0 Å². The summed E-state index contributed by atoms with van der Waals surface area (Å²) < 4.78 is 0. The molecule has 0 saturated carbocycles. The molecule has 0 radical (unpaired) electrons. The van der Waals surface area contributed by atoms with E-state index in [4.69, 9.17) is 4.98 Å². The van der Waals surface area contributed by atoms with Crippen LogP contribution in [-0.2, 0) is 4.79 Å². The second-order valence-corrected chi connectivity index (χ2v) is 7.51. The molecular formula is C24H23N5O. The Kier molecular flexibility index (Phi) is 4.59. The molecule has 4 aromatic rings. The highest BCUT2D eigenvalue weighted by molar-refractivity contribution is 5.89. The molecule has 0 spiro atoms. The van der Waals surface area contributed by atoms with Crippen molar-refractivity contribution < 1.29 is 6.22 Å². The van der Waals surface area contributed by atoms with Gasteiger partial charge in [0.1, 0.15) is 5.82 Å². The number of carbonyl (C=O) groups excluding carboxylic acids is 1. The van der Waals surface area contributed by atoms with Crippen LogP contribution in [0.1, 0.15) is 20.0 Å². The van der Waals surface area contributed by atoms with Gasteiger partial charge in [0.05, 0.1) is 16.9 Å². The molecule has 0 bridgehead atoms. The molecule has 1 aliphatic heterocycles. The molecule has 0 atom stereocenters. The van der Waals surface area contributed by atoms with Crippen LogP contribution in [0.4, 0.5) is 11.5 Å². The summed E-state index contributed by atoms with van der Waals surface area (Å²) in [4.78, 5) is 27.5. The number of anilines is 2. The Balaban J connectivity index is 0.00000231. The lowest BCUT2D eigenvalue weighted by Gasteiger charge is -2.40.